The molecule has 1 aliphatic rings. The van der Waals surface area contributed by atoms with Crippen molar-refractivity contribution in [2.45, 2.75) is 52.1 Å². The van der Waals surface area contributed by atoms with Gasteiger partial charge in [-0.1, -0.05) is 6.92 Å². The van der Waals surface area contributed by atoms with E-state index in [4.69, 9.17) is 0 Å². The lowest BCUT2D eigenvalue weighted by Gasteiger charge is -2.41. The number of hydrogen-bond donors (Lipinski definition) is 1. The molecule has 1 fully saturated rings. The number of hydrogen-bond acceptors (Lipinski definition) is 4. The van der Waals surface area contributed by atoms with Crippen molar-refractivity contribution >= 4 is 10.0 Å². The maximum Gasteiger partial charge on any atom is 0.214 e. The number of nitrogens with zero attached hydrogens (tertiary/aromatic N) is 2. The van der Waals surface area contributed by atoms with Gasteiger partial charge in [0.15, 0.2) is 0 Å². The molecular formula is C14H31N3O2S. The van der Waals surface area contributed by atoms with E-state index >= 15 is 0 Å². The molecule has 0 saturated carbocycles. The van der Waals surface area contributed by atoms with Crippen LogP contribution >= 0.6 is 0 Å². The highest BCUT2D eigenvalue weighted by Crippen LogP contribution is 2.17. The molecule has 5 nitrogen and oxygen atoms in total. The van der Waals surface area contributed by atoms with Crippen molar-refractivity contribution < 1.29 is 8.42 Å². The lowest BCUT2D eigenvalue weighted by molar-refractivity contribution is 0.105. The predicted molar refractivity (Wildman–Crippen MR) is 84.4 cm³/mol. The first kappa shape index (κ1) is 17.9. The Bertz CT molecular complexity index is 361. The molecule has 0 aromatic carbocycles. The molecule has 2 atom stereocenters. The highest BCUT2D eigenvalue weighted by atomic mass is 32.2. The third kappa shape index (κ3) is 5.31. The van der Waals surface area contributed by atoms with Crippen molar-refractivity contribution in [1.29, 1.82) is 0 Å². The molecule has 0 spiro atoms. The van der Waals surface area contributed by atoms with Gasteiger partial charge in [0.05, 0.1) is 5.75 Å². The lowest BCUT2D eigenvalue weighted by Crippen LogP contribution is -2.56. The molecule has 1 N–H and O–H groups in total. The van der Waals surface area contributed by atoms with E-state index in [0.29, 0.717) is 25.2 Å². The first-order valence-corrected chi connectivity index (χ1v) is 9.40. The fourth-order valence-electron chi connectivity index (χ4n) is 2.55. The molecule has 2 unspecified atom stereocenters. The Morgan fingerprint density at radius 3 is 2.25 bits per heavy atom. The van der Waals surface area contributed by atoms with E-state index in [-0.39, 0.29) is 5.75 Å². The molecule has 1 saturated heterocycles. The average molecular weight is 305 g/mol. The van der Waals surface area contributed by atoms with Crippen LogP contribution in [0.2, 0.25) is 0 Å². The summed E-state index contributed by atoms with van der Waals surface area (Å²) >= 11 is 0. The summed E-state index contributed by atoms with van der Waals surface area (Å²) in [4.78, 5) is 2.25. The lowest BCUT2D eigenvalue weighted by atomic mass is 10.1. The Morgan fingerprint density at radius 2 is 1.70 bits per heavy atom. The van der Waals surface area contributed by atoms with Crippen LogP contribution in [0.3, 0.4) is 0 Å². The third-order valence-electron chi connectivity index (χ3n) is 4.15. The molecule has 1 heterocycles. The molecule has 0 aromatic rings. The quantitative estimate of drug-likeness (QED) is 0.683. The predicted octanol–water partition coefficient (Wildman–Crippen LogP) is 1.12. The monoisotopic (exact) mass is 305 g/mol. The summed E-state index contributed by atoms with van der Waals surface area (Å²) in [7, 11) is -1.02. The smallest absolute Gasteiger partial charge is 0.214 e. The first-order valence-electron chi connectivity index (χ1n) is 7.79. The van der Waals surface area contributed by atoms with Gasteiger partial charge in [0.1, 0.15) is 0 Å². The van der Waals surface area contributed by atoms with Crippen LogP contribution in [-0.2, 0) is 10.0 Å². The van der Waals surface area contributed by atoms with Gasteiger partial charge >= 0.3 is 0 Å². The molecule has 0 bridgehead atoms. The molecule has 6 heteroatoms. The minimum atomic E-state index is -3.09. The van der Waals surface area contributed by atoms with Crippen molar-refractivity contribution in [2.24, 2.45) is 0 Å². The van der Waals surface area contributed by atoms with Crippen LogP contribution in [0.1, 0.15) is 40.0 Å². The number of likely N-dealkylation sites (N-methyl/N-ethyl adjacent to an activating group) is 1. The fraction of sp³-hybridized carbons (Fsp3) is 1.00. The summed E-state index contributed by atoms with van der Waals surface area (Å²) in [5.74, 6) is 0.282. The van der Waals surface area contributed by atoms with E-state index in [2.05, 4.69) is 38.0 Å². The van der Waals surface area contributed by atoms with Gasteiger partial charge in [-0.15, -0.1) is 0 Å². The Kier molecular flexibility index (Phi) is 7.43. The van der Waals surface area contributed by atoms with Gasteiger partial charge in [-0.05, 0) is 53.2 Å². The third-order valence-corrected chi connectivity index (χ3v) is 6.04. The second-order valence-electron chi connectivity index (χ2n) is 5.95. The zero-order valence-corrected chi connectivity index (χ0v) is 14.2. The molecule has 0 radical (unpaired) electrons. The van der Waals surface area contributed by atoms with Crippen LogP contribution in [0.15, 0.2) is 0 Å². The molecule has 1 aliphatic heterocycles. The van der Waals surface area contributed by atoms with E-state index < -0.39 is 10.0 Å². The van der Waals surface area contributed by atoms with E-state index in [1.807, 2.05) is 0 Å². The Hall–Kier alpha value is -0.170. The van der Waals surface area contributed by atoms with Crippen molar-refractivity contribution in [3.8, 4) is 0 Å². The highest BCUT2D eigenvalue weighted by molar-refractivity contribution is 7.89. The van der Waals surface area contributed by atoms with Gasteiger partial charge < -0.3 is 5.32 Å². The van der Waals surface area contributed by atoms with E-state index in [0.717, 1.165) is 32.4 Å². The number of sulfonamides is 1. The average Bonchev–Trinajstić information content (AvgIpc) is 2.39. The van der Waals surface area contributed by atoms with E-state index in [1.54, 1.807) is 4.31 Å². The second kappa shape index (κ2) is 8.32. The van der Waals surface area contributed by atoms with Crippen molar-refractivity contribution in [3.05, 3.63) is 0 Å². The minimum Gasteiger partial charge on any atom is -0.317 e. The Labute approximate surface area is 124 Å². The van der Waals surface area contributed by atoms with Crippen LogP contribution in [0.4, 0.5) is 0 Å². The number of nitrogens with one attached hydrogen (secondary N) is 1. The summed E-state index contributed by atoms with van der Waals surface area (Å²) in [6.45, 7) is 9.49. The zero-order chi connectivity index (χ0) is 15.2. The van der Waals surface area contributed by atoms with Gasteiger partial charge in [0.25, 0.3) is 0 Å². The Balaban J connectivity index is 2.37. The van der Waals surface area contributed by atoms with Crippen LogP contribution < -0.4 is 5.32 Å². The topological polar surface area (TPSA) is 52.7 Å². The van der Waals surface area contributed by atoms with E-state index in [1.165, 1.54) is 0 Å². The molecule has 120 valence electrons. The normalized spacial score (nSPS) is 26.0. The summed E-state index contributed by atoms with van der Waals surface area (Å²) in [6, 6.07) is 0.583. The van der Waals surface area contributed by atoms with Gasteiger partial charge in [0.2, 0.25) is 10.0 Å². The minimum absolute atomic E-state index is 0.282. The molecule has 1 rings (SSSR count). The summed E-state index contributed by atoms with van der Waals surface area (Å²) in [6.07, 6.45) is 2.79. The van der Waals surface area contributed by atoms with Crippen LogP contribution in [0.5, 0.6) is 0 Å². The molecular weight excluding hydrogens is 274 g/mol. The molecule has 20 heavy (non-hydrogen) atoms. The van der Waals surface area contributed by atoms with Crippen molar-refractivity contribution in [1.82, 2.24) is 14.5 Å². The van der Waals surface area contributed by atoms with Gasteiger partial charge in [-0.3, -0.25) is 4.90 Å². The Morgan fingerprint density at radius 1 is 1.10 bits per heavy atom. The van der Waals surface area contributed by atoms with Gasteiger partial charge in [-0.25, -0.2) is 8.42 Å². The summed E-state index contributed by atoms with van der Waals surface area (Å²) in [5, 5.41) is 3.31. The number of unbranched alkanes of at least 4 members (excludes halogenated alkanes) is 1. The van der Waals surface area contributed by atoms with E-state index in [9.17, 15) is 8.42 Å². The fourth-order valence-corrected chi connectivity index (χ4v) is 4.26. The van der Waals surface area contributed by atoms with Crippen molar-refractivity contribution in [3.63, 3.8) is 0 Å². The number of piperazine rings is 1. The van der Waals surface area contributed by atoms with Gasteiger partial charge in [-0.2, -0.15) is 4.31 Å². The summed E-state index contributed by atoms with van der Waals surface area (Å²) < 4.78 is 26.4. The zero-order valence-electron chi connectivity index (χ0n) is 13.4. The van der Waals surface area contributed by atoms with Gasteiger partial charge in [0, 0.05) is 25.2 Å². The van der Waals surface area contributed by atoms with Crippen molar-refractivity contribution in [2.75, 3.05) is 39.0 Å². The number of rotatable bonds is 8. The first-order chi connectivity index (χ1) is 9.38. The SMILES string of the molecule is CCCNCCCCS(=O)(=O)N1CC(C)N(C)C(C)C1. The molecule has 0 aliphatic carbocycles. The van der Waals surface area contributed by atoms with Crippen LogP contribution in [-0.4, -0.2) is 68.7 Å². The largest absolute Gasteiger partial charge is 0.317 e. The highest BCUT2D eigenvalue weighted by Gasteiger charge is 2.32. The second-order valence-corrected chi connectivity index (χ2v) is 8.04. The molecule has 0 amide bonds. The maximum absolute atomic E-state index is 12.4. The summed E-state index contributed by atoms with van der Waals surface area (Å²) in [5.41, 5.74) is 0. The van der Waals surface area contributed by atoms with Crippen LogP contribution in [0, 0.1) is 0 Å². The van der Waals surface area contributed by atoms with Crippen LogP contribution in [0.25, 0.3) is 0 Å². The maximum atomic E-state index is 12.4. The standard InChI is InChI=1S/C14H31N3O2S/c1-5-8-15-9-6-7-10-20(18,19)17-11-13(2)16(4)14(3)12-17/h13-15H,5-12H2,1-4H3. The molecule has 0 aromatic heterocycles.